The Morgan fingerprint density at radius 2 is 2.06 bits per heavy atom. The average Bonchev–Trinajstić information content (AvgIpc) is 2.84. The molecule has 1 aromatic rings. The topological polar surface area (TPSA) is 59.5 Å². The number of carbonyl (C=O) groups excluding carboxylic acids is 1. The van der Waals surface area contributed by atoms with Crippen molar-refractivity contribution in [3.63, 3.8) is 0 Å². The second-order valence-corrected chi connectivity index (χ2v) is 5.23. The molecular formula is C14H22N2O2. The summed E-state index contributed by atoms with van der Waals surface area (Å²) in [5.41, 5.74) is 5.67. The third kappa shape index (κ3) is 2.75. The highest BCUT2D eigenvalue weighted by atomic mass is 16.4. The molecule has 1 aliphatic rings. The van der Waals surface area contributed by atoms with Crippen molar-refractivity contribution in [2.75, 3.05) is 18.5 Å². The van der Waals surface area contributed by atoms with E-state index in [0.717, 1.165) is 38.0 Å². The van der Waals surface area contributed by atoms with Crippen LogP contribution in [0.5, 0.6) is 0 Å². The Labute approximate surface area is 108 Å². The maximum atomic E-state index is 12.3. The van der Waals surface area contributed by atoms with Crippen LogP contribution in [0.15, 0.2) is 16.5 Å². The molecule has 2 rings (SSSR count). The number of furan rings is 1. The molecule has 0 aliphatic heterocycles. The number of hydrogen-bond acceptors (Lipinski definition) is 3. The fraction of sp³-hybridized carbons (Fsp3) is 0.643. The van der Waals surface area contributed by atoms with Gasteiger partial charge in [-0.2, -0.15) is 0 Å². The molecule has 2 N–H and O–H groups in total. The second-order valence-electron chi connectivity index (χ2n) is 5.23. The second kappa shape index (κ2) is 5.57. The summed E-state index contributed by atoms with van der Waals surface area (Å²) in [5, 5.41) is 0. The van der Waals surface area contributed by atoms with E-state index in [-0.39, 0.29) is 11.8 Å². The van der Waals surface area contributed by atoms with E-state index >= 15 is 0 Å². The Bertz CT molecular complexity index is 406. The number of nitrogens with zero attached hydrogens (tertiary/aromatic N) is 1. The summed E-state index contributed by atoms with van der Waals surface area (Å²) in [7, 11) is 1.79. The number of rotatable bonds is 3. The molecule has 1 fully saturated rings. The maximum absolute atomic E-state index is 12.3. The maximum Gasteiger partial charge on any atom is 0.232 e. The first-order chi connectivity index (χ1) is 8.61. The van der Waals surface area contributed by atoms with Gasteiger partial charge in [-0.3, -0.25) is 9.69 Å². The minimum Gasteiger partial charge on any atom is -0.445 e. The van der Waals surface area contributed by atoms with Crippen molar-refractivity contribution >= 4 is 11.8 Å². The summed E-state index contributed by atoms with van der Waals surface area (Å²) in [6, 6.07) is 3.73. The SMILES string of the molecule is Cc1ccc(N(C)C(=O)C2CCC(CN)CC2)o1. The molecule has 0 radical (unpaired) electrons. The van der Waals surface area contributed by atoms with Gasteiger partial charge < -0.3 is 10.2 Å². The van der Waals surface area contributed by atoms with Crippen LogP contribution in [-0.2, 0) is 4.79 Å². The molecule has 0 spiro atoms. The highest BCUT2D eigenvalue weighted by Gasteiger charge is 2.28. The fourth-order valence-electron chi connectivity index (χ4n) is 2.63. The lowest BCUT2D eigenvalue weighted by atomic mass is 9.81. The lowest BCUT2D eigenvalue weighted by molar-refractivity contribution is -0.123. The molecule has 4 heteroatoms. The van der Waals surface area contributed by atoms with Gasteiger partial charge in [0, 0.05) is 19.0 Å². The van der Waals surface area contributed by atoms with Crippen LogP contribution in [-0.4, -0.2) is 19.5 Å². The predicted octanol–water partition coefficient (Wildman–Crippen LogP) is 2.32. The molecule has 4 nitrogen and oxygen atoms in total. The smallest absolute Gasteiger partial charge is 0.232 e. The highest BCUT2D eigenvalue weighted by Crippen LogP contribution is 2.30. The third-order valence-corrected chi connectivity index (χ3v) is 3.92. The Morgan fingerprint density at radius 1 is 1.39 bits per heavy atom. The van der Waals surface area contributed by atoms with Crippen LogP contribution >= 0.6 is 0 Å². The van der Waals surface area contributed by atoms with E-state index in [9.17, 15) is 4.79 Å². The first kappa shape index (κ1) is 13.1. The first-order valence-electron chi connectivity index (χ1n) is 6.66. The zero-order valence-corrected chi connectivity index (χ0v) is 11.2. The van der Waals surface area contributed by atoms with Crippen molar-refractivity contribution in [1.82, 2.24) is 0 Å². The molecule has 1 amide bonds. The minimum atomic E-state index is 0.128. The zero-order valence-electron chi connectivity index (χ0n) is 11.2. The molecule has 100 valence electrons. The summed E-state index contributed by atoms with van der Waals surface area (Å²) >= 11 is 0. The van der Waals surface area contributed by atoms with Crippen molar-refractivity contribution < 1.29 is 9.21 Å². The zero-order chi connectivity index (χ0) is 13.1. The number of aryl methyl sites for hydroxylation is 1. The van der Waals surface area contributed by atoms with Gasteiger partial charge in [0.25, 0.3) is 0 Å². The summed E-state index contributed by atoms with van der Waals surface area (Å²) < 4.78 is 5.48. The molecule has 18 heavy (non-hydrogen) atoms. The summed E-state index contributed by atoms with van der Waals surface area (Å²) in [6.45, 7) is 2.63. The highest BCUT2D eigenvalue weighted by molar-refractivity contribution is 5.93. The van der Waals surface area contributed by atoms with Gasteiger partial charge >= 0.3 is 0 Å². The van der Waals surface area contributed by atoms with Crippen molar-refractivity contribution in [3.05, 3.63) is 17.9 Å². The van der Waals surface area contributed by atoms with Crippen molar-refractivity contribution in [2.45, 2.75) is 32.6 Å². The number of carbonyl (C=O) groups is 1. The van der Waals surface area contributed by atoms with E-state index < -0.39 is 0 Å². The van der Waals surface area contributed by atoms with Crippen LogP contribution in [0.3, 0.4) is 0 Å². The van der Waals surface area contributed by atoms with Gasteiger partial charge in [0.05, 0.1) is 0 Å². The van der Waals surface area contributed by atoms with E-state index in [2.05, 4.69) is 0 Å². The van der Waals surface area contributed by atoms with Gasteiger partial charge in [-0.25, -0.2) is 0 Å². The third-order valence-electron chi connectivity index (χ3n) is 3.92. The van der Waals surface area contributed by atoms with Crippen LogP contribution < -0.4 is 10.6 Å². The molecule has 0 unspecified atom stereocenters. The van der Waals surface area contributed by atoms with Crippen molar-refractivity contribution in [1.29, 1.82) is 0 Å². The largest absolute Gasteiger partial charge is 0.445 e. The Hall–Kier alpha value is -1.29. The van der Waals surface area contributed by atoms with E-state index in [1.165, 1.54) is 0 Å². The van der Waals surface area contributed by atoms with Gasteiger partial charge in [0.15, 0.2) is 0 Å². The standard InChI is InChI=1S/C14H22N2O2/c1-10-3-8-13(18-10)16(2)14(17)12-6-4-11(9-15)5-7-12/h3,8,11-12H,4-7,9,15H2,1-2H3. The van der Waals surface area contributed by atoms with Gasteiger partial charge in [-0.05, 0) is 51.1 Å². The number of anilines is 1. The summed E-state index contributed by atoms with van der Waals surface area (Å²) in [5.74, 6) is 2.36. The Balaban J connectivity index is 1.95. The molecule has 1 aliphatic carbocycles. The van der Waals surface area contributed by atoms with Crippen LogP contribution in [0.1, 0.15) is 31.4 Å². The molecular weight excluding hydrogens is 228 g/mol. The molecule has 1 aromatic heterocycles. The Morgan fingerprint density at radius 3 is 2.56 bits per heavy atom. The van der Waals surface area contributed by atoms with Crippen LogP contribution in [0, 0.1) is 18.8 Å². The van der Waals surface area contributed by atoms with E-state index in [0.29, 0.717) is 11.8 Å². The molecule has 1 heterocycles. The molecule has 0 aromatic carbocycles. The molecule has 0 atom stereocenters. The molecule has 0 bridgehead atoms. The van der Waals surface area contributed by atoms with Crippen LogP contribution in [0.2, 0.25) is 0 Å². The van der Waals surface area contributed by atoms with E-state index in [1.807, 2.05) is 19.1 Å². The van der Waals surface area contributed by atoms with E-state index in [1.54, 1.807) is 11.9 Å². The Kier molecular flexibility index (Phi) is 4.07. The summed E-state index contributed by atoms with van der Waals surface area (Å²) in [4.78, 5) is 14.0. The predicted molar refractivity (Wildman–Crippen MR) is 71.4 cm³/mol. The van der Waals surface area contributed by atoms with Gasteiger partial charge in [0.2, 0.25) is 11.8 Å². The average molecular weight is 250 g/mol. The van der Waals surface area contributed by atoms with Gasteiger partial charge in [0.1, 0.15) is 5.76 Å². The quantitative estimate of drug-likeness (QED) is 0.895. The van der Waals surface area contributed by atoms with E-state index in [4.69, 9.17) is 10.2 Å². The van der Waals surface area contributed by atoms with Crippen LogP contribution in [0.4, 0.5) is 5.88 Å². The van der Waals surface area contributed by atoms with Crippen molar-refractivity contribution in [2.24, 2.45) is 17.6 Å². The summed E-state index contributed by atoms with van der Waals surface area (Å²) in [6.07, 6.45) is 4.03. The van der Waals surface area contributed by atoms with Crippen LogP contribution in [0.25, 0.3) is 0 Å². The number of hydrogen-bond donors (Lipinski definition) is 1. The first-order valence-corrected chi connectivity index (χ1v) is 6.66. The number of nitrogens with two attached hydrogens (primary N) is 1. The lowest BCUT2D eigenvalue weighted by Gasteiger charge is -2.29. The minimum absolute atomic E-state index is 0.128. The van der Waals surface area contributed by atoms with Gasteiger partial charge in [-0.1, -0.05) is 0 Å². The normalized spacial score (nSPS) is 23.9. The molecule has 1 saturated carbocycles. The van der Waals surface area contributed by atoms with Gasteiger partial charge in [-0.15, -0.1) is 0 Å². The monoisotopic (exact) mass is 250 g/mol. The fourth-order valence-corrected chi connectivity index (χ4v) is 2.63. The molecule has 0 saturated heterocycles. The lowest BCUT2D eigenvalue weighted by Crippen LogP contribution is -2.35. The number of amides is 1. The van der Waals surface area contributed by atoms with Crippen molar-refractivity contribution in [3.8, 4) is 0 Å².